The normalized spacial score (nSPS) is 20.0. The molecule has 0 radical (unpaired) electrons. The second-order valence-corrected chi connectivity index (χ2v) is 7.25. The maximum absolute atomic E-state index is 13.8. The third-order valence-corrected chi connectivity index (χ3v) is 5.00. The van der Waals surface area contributed by atoms with Gasteiger partial charge in [-0.3, -0.25) is 10.1 Å². The Hall–Kier alpha value is -2.71. The van der Waals surface area contributed by atoms with Gasteiger partial charge in [-0.25, -0.2) is 9.18 Å². The lowest BCUT2D eigenvalue weighted by atomic mass is 9.99. The van der Waals surface area contributed by atoms with Crippen LogP contribution in [0.15, 0.2) is 47.3 Å². The number of carboxylic acid groups (broad SMARTS) is 1. The van der Waals surface area contributed by atoms with Gasteiger partial charge in [0.2, 0.25) is 0 Å². The van der Waals surface area contributed by atoms with E-state index >= 15 is 0 Å². The van der Waals surface area contributed by atoms with Gasteiger partial charge in [-0.1, -0.05) is 12.1 Å². The summed E-state index contributed by atoms with van der Waals surface area (Å²) in [7, 11) is 0. The summed E-state index contributed by atoms with van der Waals surface area (Å²) in [6, 6.07) is 6.23. The molecule has 8 heteroatoms. The summed E-state index contributed by atoms with van der Waals surface area (Å²) in [6.07, 6.45) is 1.13. The molecule has 1 aromatic carbocycles. The first kappa shape index (κ1) is 21.0. The molecule has 29 heavy (non-hydrogen) atoms. The Morgan fingerprint density at radius 3 is 2.66 bits per heavy atom. The molecule has 0 amide bonds. The Morgan fingerprint density at radius 2 is 2.03 bits per heavy atom. The van der Waals surface area contributed by atoms with Crippen molar-refractivity contribution in [2.45, 2.75) is 26.6 Å². The van der Waals surface area contributed by atoms with Crippen LogP contribution in [0.4, 0.5) is 4.39 Å². The number of nitrogens with zero attached hydrogens (tertiary/aromatic N) is 2. The van der Waals surface area contributed by atoms with E-state index in [2.05, 4.69) is 10.2 Å². The summed E-state index contributed by atoms with van der Waals surface area (Å²) in [5.41, 5.74) is 1.51. The molecule has 1 aromatic rings. The third kappa shape index (κ3) is 5.02. The first-order valence-corrected chi connectivity index (χ1v) is 9.59. The Kier molecular flexibility index (Phi) is 6.66. The lowest BCUT2D eigenvalue weighted by Crippen LogP contribution is -2.54. The molecule has 1 saturated heterocycles. The minimum Gasteiger partial charge on any atom is -0.478 e. The smallest absolute Gasteiger partial charge is 0.335 e. The molecule has 2 heterocycles. The van der Waals surface area contributed by atoms with Crippen molar-refractivity contribution in [2.75, 3.05) is 32.8 Å². The van der Waals surface area contributed by atoms with E-state index in [0.717, 1.165) is 5.82 Å². The molecule has 0 aliphatic carbocycles. The van der Waals surface area contributed by atoms with Crippen LogP contribution in [0.25, 0.3) is 0 Å². The number of carboxylic acids is 1. The van der Waals surface area contributed by atoms with Crippen molar-refractivity contribution in [1.29, 1.82) is 0 Å². The first-order valence-electron chi connectivity index (χ1n) is 9.59. The van der Waals surface area contributed by atoms with Gasteiger partial charge in [0, 0.05) is 19.6 Å². The van der Waals surface area contributed by atoms with Crippen LogP contribution in [0.3, 0.4) is 0 Å². The van der Waals surface area contributed by atoms with Gasteiger partial charge in [0.05, 0.1) is 25.3 Å². The molecule has 0 aromatic heterocycles. The molecule has 1 unspecified atom stereocenters. The Balaban J connectivity index is 2.02. The number of allylic oxidation sites excluding steroid dienone is 2. The van der Waals surface area contributed by atoms with Crippen molar-refractivity contribution in [1.82, 2.24) is 15.1 Å². The van der Waals surface area contributed by atoms with Crippen molar-refractivity contribution in [3.63, 3.8) is 0 Å². The number of benzene rings is 1. The number of rotatable bonds is 7. The maximum Gasteiger partial charge on any atom is 0.335 e. The van der Waals surface area contributed by atoms with Gasteiger partial charge in [-0.05, 0) is 43.2 Å². The molecule has 2 aliphatic heterocycles. The monoisotopic (exact) mass is 403 g/mol. The number of ether oxygens (including phenoxy) is 1. The fraction of sp³-hybridized carbons (Fsp3) is 0.429. The lowest BCUT2D eigenvalue weighted by Gasteiger charge is -2.44. The van der Waals surface area contributed by atoms with Gasteiger partial charge in [0.25, 0.3) is 0 Å². The van der Waals surface area contributed by atoms with Crippen LogP contribution in [0, 0.1) is 5.82 Å². The number of aliphatic carboxylic acids is 1. The molecule has 0 saturated carbocycles. The summed E-state index contributed by atoms with van der Waals surface area (Å²) in [5, 5.41) is 12.9. The number of morpholine rings is 1. The van der Waals surface area contributed by atoms with Crippen molar-refractivity contribution < 1.29 is 23.8 Å². The number of nitrogens with one attached hydrogen (secondary N) is 1. The highest BCUT2D eigenvalue weighted by molar-refractivity contribution is 5.90. The van der Waals surface area contributed by atoms with Crippen LogP contribution < -0.4 is 5.32 Å². The number of carbonyl (C=O) groups is 2. The third-order valence-electron chi connectivity index (χ3n) is 5.00. The molecule has 1 fully saturated rings. The van der Waals surface area contributed by atoms with Crippen molar-refractivity contribution >= 4 is 11.8 Å². The molecule has 2 N–H and O–H groups in total. The van der Waals surface area contributed by atoms with E-state index in [9.17, 15) is 19.1 Å². The zero-order valence-electron chi connectivity index (χ0n) is 16.7. The summed E-state index contributed by atoms with van der Waals surface area (Å²) in [6.45, 7) is 6.01. The highest BCUT2D eigenvalue weighted by atomic mass is 19.1. The number of ketones is 1. The zero-order chi connectivity index (χ0) is 21.0. The molecule has 7 nitrogen and oxygen atoms in total. The maximum atomic E-state index is 13.8. The average Bonchev–Trinajstić information content (AvgIpc) is 2.68. The van der Waals surface area contributed by atoms with E-state index in [4.69, 9.17) is 4.74 Å². The van der Waals surface area contributed by atoms with E-state index < -0.39 is 12.1 Å². The minimum absolute atomic E-state index is 0.0325. The molecule has 1 atom stereocenters. The Bertz CT molecular complexity index is 846. The summed E-state index contributed by atoms with van der Waals surface area (Å²) >= 11 is 0. The van der Waals surface area contributed by atoms with Gasteiger partial charge in [-0.2, -0.15) is 0 Å². The number of Topliss-reactive ketones (excluding diaryl/α,β-unsaturated/α-hetero) is 1. The van der Waals surface area contributed by atoms with E-state index in [1.807, 2.05) is 11.0 Å². The highest BCUT2D eigenvalue weighted by Crippen LogP contribution is 2.30. The molecular formula is C21H26FN3O4. The van der Waals surface area contributed by atoms with Crippen LogP contribution in [0.1, 0.15) is 19.4 Å². The second kappa shape index (κ2) is 9.19. The van der Waals surface area contributed by atoms with Crippen LogP contribution in [-0.4, -0.2) is 65.7 Å². The number of halogens is 1. The van der Waals surface area contributed by atoms with Crippen LogP contribution in [-0.2, 0) is 20.9 Å². The Labute approximate surface area is 169 Å². The largest absolute Gasteiger partial charge is 0.478 e. The second-order valence-electron chi connectivity index (χ2n) is 7.25. The van der Waals surface area contributed by atoms with Crippen LogP contribution in [0.5, 0.6) is 0 Å². The quantitative estimate of drug-likeness (QED) is 0.717. The number of hydrogen-bond acceptors (Lipinski definition) is 6. The fourth-order valence-corrected chi connectivity index (χ4v) is 3.67. The SMILES string of the molecule is CC(=O)CNC1C(C(=O)O)=C(C)C=C(N2CCOCC2)N1Cc1cccc(F)c1. The van der Waals surface area contributed by atoms with Crippen molar-refractivity contribution in [3.8, 4) is 0 Å². The van der Waals surface area contributed by atoms with E-state index in [0.29, 0.717) is 44.0 Å². The van der Waals surface area contributed by atoms with Crippen molar-refractivity contribution in [2.24, 2.45) is 0 Å². The zero-order valence-corrected chi connectivity index (χ0v) is 16.7. The fourth-order valence-electron chi connectivity index (χ4n) is 3.67. The summed E-state index contributed by atoms with van der Waals surface area (Å²) in [5.74, 6) is -0.665. The van der Waals surface area contributed by atoms with Crippen LogP contribution in [0.2, 0.25) is 0 Å². The topological polar surface area (TPSA) is 82.1 Å². The minimum atomic E-state index is -1.05. The van der Waals surface area contributed by atoms with E-state index in [-0.39, 0.29) is 23.7 Å². The predicted octanol–water partition coefficient (Wildman–Crippen LogP) is 1.72. The van der Waals surface area contributed by atoms with Gasteiger partial charge >= 0.3 is 5.97 Å². The first-order chi connectivity index (χ1) is 13.9. The van der Waals surface area contributed by atoms with Gasteiger partial charge in [0.15, 0.2) is 0 Å². The Morgan fingerprint density at radius 1 is 1.31 bits per heavy atom. The van der Waals surface area contributed by atoms with Gasteiger partial charge < -0.3 is 19.6 Å². The lowest BCUT2D eigenvalue weighted by molar-refractivity contribution is -0.134. The van der Waals surface area contributed by atoms with E-state index in [1.165, 1.54) is 19.1 Å². The molecule has 0 bridgehead atoms. The van der Waals surface area contributed by atoms with E-state index in [1.54, 1.807) is 19.1 Å². The highest BCUT2D eigenvalue weighted by Gasteiger charge is 2.35. The summed E-state index contributed by atoms with van der Waals surface area (Å²) < 4.78 is 19.2. The molecule has 2 aliphatic rings. The average molecular weight is 403 g/mol. The molecule has 3 rings (SSSR count). The predicted molar refractivity (Wildman–Crippen MR) is 105 cm³/mol. The molecular weight excluding hydrogens is 377 g/mol. The van der Waals surface area contributed by atoms with Gasteiger partial charge in [0.1, 0.15) is 23.6 Å². The van der Waals surface area contributed by atoms with Crippen molar-refractivity contribution in [3.05, 3.63) is 58.7 Å². The number of carbonyl (C=O) groups excluding carboxylic acids is 1. The molecule has 0 spiro atoms. The van der Waals surface area contributed by atoms with Gasteiger partial charge in [-0.15, -0.1) is 0 Å². The molecule has 156 valence electrons. The standard InChI is InChI=1S/C21H26FN3O4/c1-14-10-18(24-6-8-29-9-7-24)25(13-16-4-3-5-17(22)11-16)20(19(14)21(27)28)23-12-15(2)26/h3-5,10-11,20,23H,6-9,12-13H2,1-2H3,(H,27,28). The summed E-state index contributed by atoms with van der Waals surface area (Å²) in [4.78, 5) is 27.6. The number of hydrogen-bond donors (Lipinski definition) is 2. The van der Waals surface area contributed by atoms with Crippen LogP contribution >= 0.6 is 0 Å².